The summed E-state index contributed by atoms with van der Waals surface area (Å²) in [5, 5.41) is 3.72. The molecule has 2 nitrogen and oxygen atoms in total. The van der Waals surface area contributed by atoms with Crippen molar-refractivity contribution in [1.29, 1.82) is 0 Å². The molecule has 0 unspecified atom stereocenters. The molecule has 0 bridgehead atoms. The van der Waals surface area contributed by atoms with Gasteiger partial charge < -0.3 is 9.13 Å². The standard InChI is InChI=1S/C57H38N2/c1-5-17-40(18-6-1)55-38-50-54(58(55)44-23-11-4-12-24-44)36-35-49-48-26-14-16-28-53(48)59(56(49)50)45-32-29-39(30-33-45)41-31-34-47-46-25-13-15-27-51(46)57(52(47)37-41,42-19-7-2-8-20-42)43-21-9-3-10-22-43/h1-38H. The first-order chi connectivity index (χ1) is 29.3. The van der Waals surface area contributed by atoms with E-state index in [1.165, 1.54) is 88.5 Å². The second-order valence-electron chi connectivity index (χ2n) is 15.6. The van der Waals surface area contributed by atoms with Crippen LogP contribution in [0.25, 0.3) is 77.6 Å². The van der Waals surface area contributed by atoms with E-state index < -0.39 is 5.41 Å². The molecule has 0 fully saturated rings. The van der Waals surface area contributed by atoms with Gasteiger partial charge >= 0.3 is 0 Å². The number of benzene rings is 9. The molecule has 12 rings (SSSR count). The number of aromatic nitrogens is 2. The van der Waals surface area contributed by atoms with E-state index in [9.17, 15) is 0 Å². The van der Waals surface area contributed by atoms with Crippen molar-refractivity contribution in [2.75, 3.05) is 0 Å². The number of para-hydroxylation sites is 2. The third kappa shape index (κ3) is 4.93. The lowest BCUT2D eigenvalue weighted by Crippen LogP contribution is -2.28. The fourth-order valence-corrected chi connectivity index (χ4v) is 10.1. The Hall–Kier alpha value is -7.68. The Morgan fingerprint density at radius 1 is 0.305 bits per heavy atom. The van der Waals surface area contributed by atoms with Crippen LogP contribution >= 0.6 is 0 Å². The zero-order chi connectivity index (χ0) is 38.9. The van der Waals surface area contributed by atoms with Crippen molar-refractivity contribution in [3.63, 3.8) is 0 Å². The maximum Gasteiger partial charge on any atom is 0.0713 e. The molecule has 0 saturated carbocycles. The molecule has 0 radical (unpaired) electrons. The third-order valence-electron chi connectivity index (χ3n) is 12.6. The highest BCUT2D eigenvalue weighted by Gasteiger charge is 2.46. The number of hydrogen-bond donors (Lipinski definition) is 0. The summed E-state index contributed by atoms with van der Waals surface area (Å²) in [6.45, 7) is 0. The summed E-state index contributed by atoms with van der Waals surface area (Å²) in [6.07, 6.45) is 0. The van der Waals surface area contributed by atoms with Gasteiger partial charge in [-0.1, -0.05) is 182 Å². The van der Waals surface area contributed by atoms with Gasteiger partial charge in [-0.25, -0.2) is 0 Å². The van der Waals surface area contributed by atoms with Crippen molar-refractivity contribution in [3.05, 3.63) is 253 Å². The highest BCUT2D eigenvalue weighted by Crippen LogP contribution is 2.56. The van der Waals surface area contributed by atoms with Crippen LogP contribution in [-0.2, 0) is 5.41 Å². The number of hydrogen-bond acceptors (Lipinski definition) is 0. The predicted molar refractivity (Wildman–Crippen MR) is 246 cm³/mol. The van der Waals surface area contributed by atoms with Crippen LogP contribution in [0.2, 0.25) is 0 Å². The maximum absolute atomic E-state index is 2.47. The molecule has 2 heteroatoms. The van der Waals surface area contributed by atoms with Gasteiger partial charge in [0.1, 0.15) is 0 Å². The van der Waals surface area contributed by atoms with E-state index in [4.69, 9.17) is 0 Å². The zero-order valence-electron chi connectivity index (χ0n) is 32.3. The van der Waals surface area contributed by atoms with Crippen LogP contribution in [0.1, 0.15) is 22.3 Å². The molecular weight excluding hydrogens is 713 g/mol. The third-order valence-corrected chi connectivity index (χ3v) is 12.6. The monoisotopic (exact) mass is 750 g/mol. The van der Waals surface area contributed by atoms with Crippen LogP contribution in [0.15, 0.2) is 231 Å². The molecule has 0 saturated heterocycles. The van der Waals surface area contributed by atoms with Crippen LogP contribution < -0.4 is 0 Å². The fraction of sp³-hybridized carbons (Fsp3) is 0.0175. The summed E-state index contributed by atoms with van der Waals surface area (Å²) in [5.74, 6) is 0. The van der Waals surface area contributed by atoms with E-state index in [1.807, 2.05) is 0 Å². The topological polar surface area (TPSA) is 9.86 Å². The second kappa shape index (κ2) is 13.2. The Bertz CT molecular complexity index is 3300. The lowest BCUT2D eigenvalue weighted by atomic mass is 9.67. The highest BCUT2D eigenvalue weighted by atomic mass is 15.0. The van der Waals surface area contributed by atoms with Crippen LogP contribution in [-0.4, -0.2) is 9.13 Å². The van der Waals surface area contributed by atoms with Gasteiger partial charge in [0.25, 0.3) is 0 Å². The Balaban J connectivity index is 1.05. The van der Waals surface area contributed by atoms with Crippen LogP contribution in [0.4, 0.5) is 0 Å². The van der Waals surface area contributed by atoms with Crippen molar-refractivity contribution >= 4 is 32.7 Å². The van der Waals surface area contributed by atoms with Gasteiger partial charge in [-0.15, -0.1) is 0 Å². The first-order valence-corrected chi connectivity index (χ1v) is 20.4. The lowest BCUT2D eigenvalue weighted by Gasteiger charge is -2.34. The largest absolute Gasteiger partial charge is 0.309 e. The van der Waals surface area contributed by atoms with Crippen molar-refractivity contribution < 1.29 is 0 Å². The van der Waals surface area contributed by atoms with Crippen molar-refractivity contribution in [2.24, 2.45) is 0 Å². The smallest absolute Gasteiger partial charge is 0.0713 e. The molecule has 276 valence electrons. The minimum Gasteiger partial charge on any atom is -0.309 e. The Morgan fingerprint density at radius 3 is 1.59 bits per heavy atom. The van der Waals surface area contributed by atoms with Crippen molar-refractivity contribution in [2.45, 2.75) is 5.41 Å². The molecule has 1 aliphatic rings. The minimum absolute atomic E-state index is 0.437. The van der Waals surface area contributed by atoms with E-state index in [0.29, 0.717) is 0 Å². The van der Waals surface area contributed by atoms with Gasteiger partial charge in [0, 0.05) is 27.5 Å². The van der Waals surface area contributed by atoms with Gasteiger partial charge in [0.05, 0.1) is 27.7 Å². The van der Waals surface area contributed by atoms with Gasteiger partial charge in [-0.05, 0) is 98.6 Å². The number of nitrogens with zero attached hydrogens (tertiary/aromatic N) is 2. The van der Waals surface area contributed by atoms with Gasteiger partial charge in [-0.2, -0.15) is 0 Å². The van der Waals surface area contributed by atoms with E-state index in [1.54, 1.807) is 0 Å². The second-order valence-corrected chi connectivity index (χ2v) is 15.6. The lowest BCUT2D eigenvalue weighted by molar-refractivity contribution is 0.769. The zero-order valence-corrected chi connectivity index (χ0v) is 32.3. The van der Waals surface area contributed by atoms with Gasteiger partial charge in [-0.3, -0.25) is 0 Å². The SMILES string of the molecule is c1ccc(-c2cc3c(ccc4c5ccccc5n(-c5ccc(-c6ccc7c(c6)C(c6ccccc6)(c6ccccc6)c6ccccc6-7)cc5)c43)n2-c2ccccc2)cc1. The summed E-state index contributed by atoms with van der Waals surface area (Å²) >= 11 is 0. The fourth-order valence-electron chi connectivity index (χ4n) is 10.1. The summed E-state index contributed by atoms with van der Waals surface area (Å²) < 4.78 is 4.88. The molecule has 2 heterocycles. The summed E-state index contributed by atoms with van der Waals surface area (Å²) in [7, 11) is 0. The summed E-state index contributed by atoms with van der Waals surface area (Å²) in [5.41, 5.74) is 18.0. The molecule has 0 atom stereocenters. The average molecular weight is 751 g/mol. The molecule has 59 heavy (non-hydrogen) atoms. The Kier molecular flexibility index (Phi) is 7.48. The first-order valence-electron chi connectivity index (χ1n) is 20.4. The molecule has 1 aliphatic carbocycles. The predicted octanol–water partition coefficient (Wildman–Crippen LogP) is 14.4. The Labute approximate surface area is 343 Å². The van der Waals surface area contributed by atoms with E-state index in [2.05, 4.69) is 240 Å². The van der Waals surface area contributed by atoms with Crippen molar-refractivity contribution in [3.8, 4) is 44.9 Å². The molecule has 2 aromatic heterocycles. The quantitative estimate of drug-likeness (QED) is 0.160. The van der Waals surface area contributed by atoms with Gasteiger partial charge in [0.15, 0.2) is 0 Å². The maximum atomic E-state index is 2.47. The Morgan fingerprint density at radius 2 is 0.864 bits per heavy atom. The van der Waals surface area contributed by atoms with Crippen LogP contribution in [0.3, 0.4) is 0 Å². The van der Waals surface area contributed by atoms with E-state index >= 15 is 0 Å². The number of fused-ring (bicyclic) bond motifs is 8. The number of rotatable bonds is 6. The van der Waals surface area contributed by atoms with Crippen molar-refractivity contribution in [1.82, 2.24) is 9.13 Å². The minimum atomic E-state index is -0.437. The summed E-state index contributed by atoms with van der Waals surface area (Å²) in [4.78, 5) is 0. The average Bonchev–Trinajstić information content (AvgIpc) is 3.97. The molecule has 0 spiro atoms. The van der Waals surface area contributed by atoms with E-state index in [0.717, 1.165) is 11.4 Å². The molecular formula is C57H38N2. The normalized spacial score (nSPS) is 12.9. The van der Waals surface area contributed by atoms with Gasteiger partial charge in [0.2, 0.25) is 0 Å². The molecule has 9 aromatic carbocycles. The van der Waals surface area contributed by atoms with Crippen LogP contribution in [0.5, 0.6) is 0 Å². The summed E-state index contributed by atoms with van der Waals surface area (Å²) in [6, 6.07) is 84.7. The molecule has 0 amide bonds. The van der Waals surface area contributed by atoms with E-state index in [-0.39, 0.29) is 0 Å². The highest BCUT2D eigenvalue weighted by molar-refractivity contribution is 6.19. The molecule has 11 aromatic rings. The first kappa shape index (κ1) is 33.5. The molecule has 0 aliphatic heterocycles. The molecule has 0 N–H and O–H groups in total. The van der Waals surface area contributed by atoms with Crippen LogP contribution in [0, 0.1) is 0 Å².